The molecular weight excluding hydrogens is 221 g/mol. The van der Waals surface area contributed by atoms with Gasteiger partial charge in [0.2, 0.25) is 0 Å². The monoisotopic (exact) mass is 241 g/mol. The average molecular weight is 241 g/mol. The van der Waals surface area contributed by atoms with Crippen molar-refractivity contribution in [3.05, 3.63) is 29.6 Å². The fraction of sp³-hybridized carbons (Fsp3) is 0.538. The third-order valence-electron chi connectivity index (χ3n) is 2.83. The van der Waals surface area contributed by atoms with Gasteiger partial charge in [-0.2, -0.15) is 0 Å². The van der Waals surface area contributed by atoms with Gasteiger partial charge in [-0.3, -0.25) is 0 Å². The summed E-state index contributed by atoms with van der Waals surface area (Å²) >= 11 is 0. The van der Waals surface area contributed by atoms with Crippen LogP contribution >= 0.6 is 0 Å². The second-order valence-corrected chi connectivity index (χ2v) is 4.23. The standard InChI is InChI=1S/C13H20FNO2/c1-4-8-15-13(2,9-16)12-10(14)6-5-7-11(12)17-3/h5-7,15-16H,4,8-9H2,1-3H3. The van der Waals surface area contributed by atoms with Gasteiger partial charge in [-0.05, 0) is 32.0 Å². The zero-order valence-corrected chi connectivity index (χ0v) is 10.6. The van der Waals surface area contributed by atoms with Gasteiger partial charge < -0.3 is 15.2 Å². The summed E-state index contributed by atoms with van der Waals surface area (Å²) < 4.78 is 19.1. The Morgan fingerprint density at radius 2 is 2.18 bits per heavy atom. The van der Waals surface area contributed by atoms with Gasteiger partial charge in [-0.1, -0.05) is 13.0 Å². The first-order valence-corrected chi connectivity index (χ1v) is 5.78. The highest BCUT2D eigenvalue weighted by molar-refractivity contribution is 5.40. The number of hydrogen-bond donors (Lipinski definition) is 2. The fourth-order valence-electron chi connectivity index (χ4n) is 1.83. The molecule has 1 unspecified atom stereocenters. The summed E-state index contributed by atoms with van der Waals surface area (Å²) in [5, 5.41) is 12.7. The van der Waals surface area contributed by atoms with E-state index in [2.05, 4.69) is 5.32 Å². The van der Waals surface area contributed by atoms with Crippen molar-refractivity contribution in [2.45, 2.75) is 25.8 Å². The molecule has 0 spiro atoms. The fourth-order valence-corrected chi connectivity index (χ4v) is 1.83. The molecule has 0 fully saturated rings. The van der Waals surface area contributed by atoms with E-state index in [1.165, 1.54) is 13.2 Å². The van der Waals surface area contributed by atoms with Crippen molar-refractivity contribution >= 4 is 0 Å². The molecule has 2 N–H and O–H groups in total. The molecule has 0 amide bonds. The maximum atomic E-state index is 13.9. The average Bonchev–Trinajstić information content (AvgIpc) is 2.35. The highest BCUT2D eigenvalue weighted by Gasteiger charge is 2.31. The first-order chi connectivity index (χ1) is 8.09. The number of hydrogen-bond acceptors (Lipinski definition) is 3. The molecule has 0 bridgehead atoms. The van der Waals surface area contributed by atoms with E-state index in [1.807, 2.05) is 6.92 Å². The van der Waals surface area contributed by atoms with Crippen LogP contribution in [0.2, 0.25) is 0 Å². The molecule has 0 aromatic heterocycles. The summed E-state index contributed by atoms with van der Waals surface area (Å²) in [6.07, 6.45) is 0.909. The molecule has 0 heterocycles. The molecule has 0 saturated heterocycles. The minimum absolute atomic E-state index is 0.190. The second kappa shape index (κ2) is 5.98. The molecule has 1 aromatic carbocycles. The Morgan fingerprint density at radius 1 is 1.47 bits per heavy atom. The van der Waals surface area contributed by atoms with Crippen LogP contribution in [0.25, 0.3) is 0 Å². The van der Waals surface area contributed by atoms with Crippen LogP contribution in [-0.2, 0) is 5.54 Å². The van der Waals surface area contributed by atoms with Crippen LogP contribution in [0.3, 0.4) is 0 Å². The predicted molar refractivity (Wildman–Crippen MR) is 65.7 cm³/mol. The number of rotatable bonds is 6. The lowest BCUT2D eigenvalue weighted by Gasteiger charge is -2.31. The summed E-state index contributed by atoms with van der Waals surface area (Å²) in [4.78, 5) is 0. The summed E-state index contributed by atoms with van der Waals surface area (Å²) in [5.41, 5.74) is -0.453. The van der Waals surface area contributed by atoms with Crippen molar-refractivity contribution in [1.82, 2.24) is 5.32 Å². The van der Waals surface area contributed by atoms with Crippen LogP contribution < -0.4 is 10.1 Å². The van der Waals surface area contributed by atoms with Gasteiger partial charge >= 0.3 is 0 Å². The topological polar surface area (TPSA) is 41.5 Å². The van der Waals surface area contributed by atoms with Gasteiger partial charge in [0.05, 0.1) is 24.8 Å². The Balaban J connectivity index is 3.18. The third-order valence-corrected chi connectivity index (χ3v) is 2.83. The SMILES string of the molecule is CCCNC(C)(CO)c1c(F)cccc1OC. The van der Waals surface area contributed by atoms with Crippen LogP contribution in [0.4, 0.5) is 4.39 Å². The van der Waals surface area contributed by atoms with E-state index in [0.717, 1.165) is 6.42 Å². The van der Waals surface area contributed by atoms with E-state index in [0.29, 0.717) is 17.9 Å². The molecule has 96 valence electrons. The normalized spacial score (nSPS) is 14.4. The third kappa shape index (κ3) is 2.96. The second-order valence-electron chi connectivity index (χ2n) is 4.23. The molecule has 0 radical (unpaired) electrons. The zero-order chi connectivity index (χ0) is 12.9. The Kier molecular flexibility index (Phi) is 4.90. The summed E-state index contributed by atoms with van der Waals surface area (Å²) in [6, 6.07) is 4.66. The molecule has 0 aliphatic heterocycles. The van der Waals surface area contributed by atoms with Crippen molar-refractivity contribution in [3.63, 3.8) is 0 Å². The van der Waals surface area contributed by atoms with Gasteiger partial charge in [0, 0.05) is 0 Å². The molecular formula is C13H20FNO2. The first-order valence-electron chi connectivity index (χ1n) is 5.78. The van der Waals surface area contributed by atoms with Crippen LogP contribution in [0.1, 0.15) is 25.8 Å². The van der Waals surface area contributed by atoms with Crippen LogP contribution in [0.15, 0.2) is 18.2 Å². The Morgan fingerprint density at radius 3 is 2.71 bits per heavy atom. The number of aliphatic hydroxyl groups excluding tert-OH is 1. The van der Waals surface area contributed by atoms with E-state index in [1.54, 1.807) is 19.1 Å². The van der Waals surface area contributed by atoms with Gasteiger partial charge in [-0.15, -0.1) is 0 Å². The van der Waals surface area contributed by atoms with Crippen molar-refractivity contribution < 1.29 is 14.2 Å². The lowest BCUT2D eigenvalue weighted by molar-refractivity contribution is 0.168. The van der Waals surface area contributed by atoms with Crippen molar-refractivity contribution in [1.29, 1.82) is 0 Å². The zero-order valence-electron chi connectivity index (χ0n) is 10.6. The van der Waals surface area contributed by atoms with E-state index >= 15 is 0 Å². The first kappa shape index (κ1) is 13.9. The quantitative estimate of drug-likeness (QED) is 0.801. The van der Waals surface area contributed by atoms with Gasteiger partial charge in [0.15, 0.2) is 0 Å². The minimum Gasteiger partial charge on any atom is -0.496 e. The van der Waals surface area contributed by atoms with Crippen molar-refractivity contribution in [3.8, 4) is 5.75 Å². The molecule has 1 atom stereocenters. The molecule has 1 rings (SSSR count). The number of halogens is 1. The van der Waals surface area contributed by atoms with E-state index < -0.39 is 5.54 Å². The molecule has 1 aromatic rings. The Labute approximate surface area is 102 Å². The van der Waals surface area contributed by atoms with E-state index in [4.69, 9.17) is 4.74 Å². The van der Waals surface area contributed by atoms with Gasteiger partial charge in [0.1, 0.15) is 11.6 Å². The Bertz CT molecular complexity index is 370. The van der Waals surface area contributed by atoms with Crippen LogP contribution in [0, 0.1) is 5.82 Å². The van der Waals surface area contributed by atoms with Gasteiger partial charge in [0.25, 0.3) is 0 Å². The minimum atomic E-state index is -0.827. The molecule has 4 heteroatoms. The number of nitrogens with one attached hydrogen (secondary N) is 1. The highest BCUT2D eigenvalue weighted by atomic mass is 19.1. The number of aliphatic hydroxyl groups is 1. The number of methoxy groups -OCH3 is 1. The molecule has 3 nitrogen and oxygen atoms in total. The summed E-state index contributed by atoms with van der Waals surface area (Å²) in [7, 11) is 1.50. The van der Waals surface area contributed by atoms with E-state index in [-0.39, 0.29) is 12.4 Å². The molecule has 17 heavy (non-hydrogen) atoms. The largest absolute Gasteiger partial charge is 0.496 e. The highest BCUT2D eigenvalue weighted by Crippen LogP contribution is 2.32. The smallest absolute Gasteiger partial charge is 0.132 e. The maximum absolute atomic E-state index is 13.9. The maximum Gasteiger partial charge on any atom is 0.132 e. The van der Waals surface area contributed by atoms with Crippen LogP contribution in [-0.4, -0.2) is 25.4 Å². The number of ether oxygens (including phenoxy) is 1. The molecule has 0 aliphatic rings. The van der Waals surface area contributed by atoms with Gasteiger partial charge in [-0.25, -0.2) is 4.39 Å². The lowest BCUT2D eigenvalue weighted by Crippen LogP contribution is -2.44. The molecule has 0 saturated carbocycles. The number of benzene rings is 1. The van der Waals surface area contributed by atoms with Crippen molar-refractivity contribution in [2.75, 3.05) is 20.3 Å². The lowest BCUT2D eigenvalue weighted by atomic mass is 9.91. The summed E-state index contributed by atoms with van der Waals surface area (Å²) in [5.74, 6) is 0.0784. The van der Waals surface area contributed by atoms with Crippen molar-refractivity contribution in [2.24, 2.45) is 0 Å². The predicted octanol–water partition coefficient (Wildman–Crippen LogP) is 2.04. The van der Waals surface area contributed by atoms with Crippen LogP contribution in [0.5, 0.6) is 5.75 Å². The van der Waals surface area contributed by atoms with E-state index in [9.17, 15) is 9.50 Å². The summed E-state index contributed by atoms with van der Waals surface area (Å²) in [6.45, 7) is 4.30. The molecule has 0 aliphatic carbocycles. The Hall–Kier alpha value is -1.13.